The molecule has 0 aliphatic heterocycles. The molecule has 0 unspecified atom stereocenters. The average Bonchev–Trinajstić information content (AvgIpc) is 3.62. The second-order valence-corrected chi connectivity index (χ2v) is 11.2. The van der Waals surface area contributed by atoms with Gasteiger partial charge in [0.25, 0.3) is 0 Å². The van der Waals surface area contributed by atoms with Crippen LogP contribution in [-0.2, 0) is 20.1 Å². The summed E-state index contributed by atoms with van der Waals surface area (Å²) < 4.78 is 107. The number of benzene rings is 3. The molecule has 5 aromatic heterocycles. The van der Waals surface area contributed by atoms with Crippen molar-refractivity contribution < 1.29 is 42.3 Å². The maximum absolute atomic E-state index is 8.36. The number of fused-ring (bicyclic) bond motifs is 3. The first kappa shape index (κ1) is 23.2. The monoisotopic (exact) mass is 857 g/mol. The molecule has 0 bridgehead atoms. The Labute approximate surface area is 332 Å². The largest absolute Gasteiger partial charge is 3.00 e. The first-order valence-electron chi connectivity index (χ1n) is 22.0. The summed E-state index contributed by atoms with van der Waals surface area (Å²) in [6.07, 6.45) is 4.71. The quantitative estimate of drug-likeness (QED) is 0.165. The van der Waals surface area contributed by atoms with Gasteiger partial charge in [-0.2, -0.15) is 0 Å². The topological polar surface area (TPSA) is 64.7 Å². The molecule has 3 aromatic carbocycles. The van der Waals surface area contributed by atoms with Crippen LogP contribution in [0, 0.1) is 45.8 Å². The number of aryl methyl sites for hydroxylation is 4. The van der Waals surface area contributed by atoms with Crippen LogP contribution < -0.4 is 0 Å². The predicted octanol–water partition coefficient (Wildman–Crippen LogP) is 11.3. The Morgan fingerprint density at radius 1 is 0.647 bits per heavy atom. The van der Waals surface area contributed by atoms with Crippen molar-refractivity contribution in [3.63, 3.8) is 0 Å². The predicted molar refractivity (Wildman–Crippen MR) is 204 cm³/mol. The molecule has 6 heteroatoms. The molecular weight excluding hydrogens is 805 g/mol. The SMILES string of the molecule is Cc1ccc(-c2[c-]cccc2)nc1.Cc1ccc(-c2[c-]cccc2)nc1.[2H]C([2H])([2H])c1cnc(-c2[c-]ccc3c2oc2nc(C([2H])(C([2H])([2H])[2H])C([2H])([2H])[2H])ccc23)cc1C([2H])([2H])[2H].[Ir+3]. The van der Waals surface area contributed by atoms with Gasteiger partial charge < -0.3 is 19.4 Å². The van der Waals surface area contributed by atoms with Crippen LogP contribution >= 0.6 is 0 Å². The molecule has 0 saturated carbocycles. The molecule has 0 N–H and O–H groups in total. The Balaban J connectivity index is 0.000000230. The fraction of sp³-hybridized carbons (Fsp3) is 0.156. The molecule has 0 fully saturated rings. The van der Waals surface area contributed by atoms with Gasteiger partial charge in [0.05, 0.1) is 5.58 Å². The van der Waals surface area contributed by atoms with E-state index in [4.69, 9.17) is 22.2 Å². The molecule has 0 saturated heterocycles. The van der Waals surface area contributed by atoms with E-state index in [1.807, 2.05) is 86.9 Å². The minimum atomic E-state index is -3.23. The summed E-state index contributed by atoms with van der Waals surface area (Å²) in [6.45, 7) is -7.86. The molecule has 0 radical (unpaired) electrons. The number of hydrogen-bond donors (Lipinski definition) is 0. The smallest absolute Gasteiger partial charge is 0.486 e. The molecule has 0 amide bonds. The van der Waals surface area contributed by atoms with Gasteiger partial charge in [-0.3, -0.25) is 0 Å². The van der Waals surface area contributed by atoms with E-state index in [0.717, 1.165) is 40.8 Å². The number of hydrogen-bond acceptors (Lipinski definition) is 5. The zero-order valence-corrected chi connectivity index (χ0v) is 30.0. The van der Waals surface area contributed by atoms with Crippen molar-refractivity contribution in [3.05, 3.63) is 168 Å². The Kier molecular flexibility index (Phi) is 7.78. The van der Waals surface area contributed by atoms with Crippen LogP contribution in [0.4, 0.5) is 0 Å². The molecule has 5 heterocycles. The Hall–Kier alpha value is -5.29. The number of furan rings is 1. The summed E-state index contributed by atoms with van der Waals surface area (Å²) in [4.78, 5) is 16.8. The van der Waals surface area contributed by atoms with Crippen LogP contribution in [0.2, 0.25) is 0 Å². The van der Waals surface area contributed by atoms with Crippen LogP contribution in [0.3, 0.4) is 0 Å². The third kappa shape index (κ3) is 9.09. The van der Waals surface area contributed by atoms with Crippen molar-refractivity contribution in [2.45, 2.75) is 47.1 Å². The van der Waals surface area contributed by atoms with Crippen LogP contribution in [-0.4, -0.2) is 19.9 Å². The van der Waals surface area contributed by atoms with E-state index in [2.05, 4.69) is 50.3 Å². The maximum atomic E-state index is 8.36. The number of aromatic nitrogens is 4. The van der Waals surface area contributed by atoms with Crippen molar-refractivity contribution in [2.24, 2.45) is 0 Å². The minimum Gasteiger partial charge on any atom is -0.486 e. The first-order valence-corrected chi connectivity index (χ1v) is 15.5. The van der Waals surface area contributed by atoms with Crippen molar-refractivity contribution in [1.29, 1.82) is 0 Å². The molecule has 5 nitrogen and oxygen atoms in total. The zero-order chi connectivity index (χ0) is 46.0. The molecule has 51 heavy (non-hydrogen) atoms. The van der Waals surface area contributed by atoms with Crippen molar-refractivity contribution >= 4 is 22.1 Å². The van der Waals surface area contributed by atoms with E-state index in [-0.39, 0.29) is 42.7 Å². The second kappa shape index (κ2) is 17.1. The van der Waals surface area contributed by atoms with Crippen molar-refractivity contribution in [2.75, 3.05) is 0 Å². The van der Waals surface area contributed by atoms with Gasteiger partial charge in [0.1, 0.15) is 0 Å². The molecular formula is C45H39IrN4O. The minimum absolute atomic E-state index is 0. The van der Waals surface area contributed by atoms with Crippen LogP contribution in [0.15, 0.2) is 126 Å². The summed E-state index contributed by atoms with van der Waals surface area (Å²) in [5.41, 5.74) is 5.28. The van der Waals surface area contributed by atoms with Gasteiger partial charge in [-0.1, -0.05) is 60.5 Å². The third-order valence-electron chi connectivity index (χ3n) is 7.51. The van der Waals surface area contributed by atoms with E-state index in [1.165, 1.54) is 23.3 Å². The maximum Gasteiger partial charge on any atom is 3.00 e. The summed E-state index contributed by atoms with van der Waals surface area (Å²) in [6, 6.07) is 39.8. The molecule has 8 rings (SSSR count). The second-order valence-electron chi connectivity index (χ2n) is 11.2. The molecule has 0 spiro atoms. The van der Waals surface area contributed by atoms with Gasteiger partial charge in [-0.05, 0) is 79.4 Å². The molecule has 8 aromatic rings. The van der Waals surface area contributed by atoms with E-state index in [9.17, 15) is 0 Å². The Morgan fingerprint density at radius 2 is 1.29 bits per heavy atom. The van der Waals surface area contributed by atoms with Crippen LogP contribution in [0.5, 0.6) is 0 Å². The Bertz CT molecular complexity index is 2710. The normalized spacial score (nSPS) is 15.5. The first-order chi connectivity index (χ1) is 29.5. The van der Waals surface area contributed by atoms with Crippen molar-refractivity contribution in [3.8, 4) is 33.8 Å². The molecule has 0 aliphatic carbocycles. The third-order valence-corrected chi connectivity index (χ3v) is 7.51. The fourth-order valence-corrected chi connectivity index (χ4v) is 4.90. The van der Waals surface area contributed by atoms with Gasteiger partial charge in [0.2, 0.25) is 5.71 Å². The average molecular weight is 857 g/mol. The van der Waals surface area contributed by atoms with E-state index < -0.39 is 50.1 Å². The molecule has 0 aliphatic rings. The van der Waals surface area contributed by atoms with Gasteiger partial charge in [-0.25, -0.2) is 4.98 Å². The van der Waals surface area contributed by atoms with Crippen LogP contribution in [0.25, 0.3) is 55.8 Å². The summed E-state index contributed by atoms with van der Waals surface area (Å²) in [7, 11) is 0. The standard InChI is InChI=1S/C21H19N2O.2C12H10N.Ir/c1-12(2)18-9-8-16-15-6-5-7-17(20(15)24-21(16)23-18)19-10-13(3)14(4)11-22-19;2*1-10-7-8-12(13-9-10)11-5-3-2-4-6-11;/h5-6,8-12H,1-4H3;2*2-5,7-9H,1H3;/q3*-1;+3/i1D3,2D3,3D3,4D3,12D;;;. The van der Waals surface area contributed by atoms with Crippen LogP contribution in [0.1, 0.15) is 65.4 Å². The van der Waals surface area contributed by atoms with Gasteiger partial charge in [-0.15, -0.1) is 90.0 Å². The summed E-state index contributed by atoms with van der Waals surface area (Å²) in [5.74, 6) is -3.02. The van der Waals surface area contributed by atoms with Gasteiger partial charge in [0, 0.05) is 47.5 Å². The van der Waals surface area contributed by atoms with E-state index in [0.29, 0.717) is 10.8 Å². The van der Waals surface area contributed by atoms with E-state index in [1.54, 1.807) is 6.07 Å². The zero-order valence-electron chi connectivity index (χ0n) is 40.6. The van der Waals surface area contributed by atoms with Gasteiger partial charge >= 0.3 is 20.1 Å². The molecule has 254 valence electrons. The fourth-order valence-electron chi connectivity index (χ4n) is 4.90. The summed E-state index contributed by atoms with van der Waals surface area (Å²) >= 11 is 0. The molecule has 0 atom stereocenters. The Morgan fingerprint density at radius 3 is 1.84 bits per heavy atom. The summed E-state index contributed by atoms with van der Waals surface area (Å²) in [5, 5.41) is 0.834. The van der Waals surface area contributed by atoms with Crippen molar-refractivity contribution in [1.82, 2.24) is 19.9 Å². The van der Waals surface area contributed by atoms with E-state index >= 15 is 0 Å². The number of rotatable bonds is 4. The number of nitrogens with zero attached hydrogens (tertiary/aromatic N) is 4. The van der Waals surface area contributed by atoms with Gasteiger partial charge in [0.15, 0.2) is 0 Å². The number of pyridine rings is 4.